The highest BCUT2D eigenvalue weighted by Gasteiger charge is 2.30. The number of unbranched alkanes of at least 4 members (excludes halogenated alkanes) is 41. The van der Waals surface area contributed by atoms with Crippen molar-refractivity contribution in [2.45, 2.75) is 401 Å². The Morgan fingerprint density at radius 1 is 0.287 bits per heavy atom. The summed E-state index contributed by atoms with van der Waals surface area (Å²) in [7, 11) is -9.91. The zero-order valence-electron chi connectivity index (χ0n) is 61.4. The third kappa shape index (κ3) is 68.6. The Morgan fingerprint density at radius 3 is 0.723 bits per heavy atom. The maximum atomic E-state index is 13.1. The molecule has 0 heterocycles. The van der Waals surface area contributed by atoms with E-state index >= 15 is 0 Å². The van der Waals surface area contributed by atoms with Gasteiger partial charge in [-0.05, 0) is 43.4 Å². The van der Waals surface area contributed by atoms with Gasteiger partial charge in [0.2, 0.25) is 0 Å². The van der Waals surface area contributed by atoms with Crippen LogP contribution in [-0.2, 0) is 65.4 Å². The molecule has 2 unspecified atom stereocenters. The largest absolute Gasteiger partial charge is 0.472 e. The molecular formula is C75H146O17P2. The van der Waals surface area contributed by atoms with Gasteiger partial charge in [-0.2, -0.15) is 0 Å². The number of aliphatic hydroxyl groups is 1. The van der Waals surface area contributed by atoms with Crippen molar-refractivity contribution in [1.82, 2.24) is 0 Å². The van der Waals surface area contributed by atoms with Gasteiger partial charge in [-0.3, -0.25) is 37.3 Å². The lowest BCUT2D eigenvalue weighted by Crippen LogP contribution is -2.30. The Kier molecular flexibility index (Phi) is 64.3. The first-order valence-corrected chi connectivity index (χ1v) is 41.8. The second-order valence-corrected chi connectivity index (χ2v) is 31.4. The minimum absolute atomic E-state index is 0.106. The van der Waals surface area contributed by atoms with E-state index in [4.69, 9.17) is 37.0 Å². The van der Waals surface area contributed by atoms with Crippen LogP contribution in [0.3, 0.4) is 0 Å². The van der Waals surface area contributed by atoms with Gasteiger partial charge in [0.1, 0.15) is 19.3 Å². The quantitative estimate of drug-likeness (QED) is 0.0222. The molecule has 0 aliphatic rings. The molecule has 94 heavy (non-hydrogen) atoms. The summed E-state index contributed by atoms with van der Waals surface area (Å²) in [6.45, 7) is 11.9. The van der Waals surface area contributed by atoms with Crippen LogP contribution in [0, 0.1) is 17.8 Å². The van der Waals surface area contributed by atoms with Crippen molar-refractivity contribution in [3.05, 3.63) is 0 Å². The number of hydrogen-bond donors (Lipinski definition) is 3. The molecule has 0 aromatic rings. The van der Waals surface area contributed by atoms with E-state index in [2.05, 4.69) is 48.5 Å². The van der Waals surface area contributed by atoms with Crippen LogP contribution < -0.4 is 0 Å². The molecule has 0 bridgehead atoms. The molecule has 0 aliphatic carbocycles. The summed E-state index contributed by atoms with van der Waals surface area (Å²) in [6, 6.07) is 0. The first-order chi connectivity index (χ1) is 45.2. The van der Waals surface area contributed by atoms with Crippen molar-refractivity contribution < 1.29 is 80.2 Å². The molecule has 0 aliphatic heterocycles. The number of phosphoric ester groups is 2. The van der Waals surface area contributed by atoms with Crippen LogP contribution in [0.2, 0.25) is 0 Å². The summed E-state index contributed by atoms with van der Waals surface area (Å²) in [6.07, 6.45) is 51.2. The van der Waals surface area contributed by atoms with E-state index in [1.165, 1.54) is 193 Å². The third-order valence-corrected chi connectivity index (χ3v) is 19.3. The standard InChI is InChI=1S/C75H146O17P2/c1-8-9-10-11-12-13-28-35-42-49-56-72(77)85-62-70(92-75(80)59-52-45-38-31-24-18-21-27-34-41-48-55-68(6)7)64-89-93(81,82)87-60-69(76)61-88-94(83,84)90-65-71(63-86-73(78)57-50-43-36-29-23-17-20-26-33-40-47-54-67(4)5)91-74(79)58-51-44-37-30-22-16-14-15-19-25-32-39-46-53-66(2)3/h66-71,76H,8-65H2,1-7H3,(H,81,82)(H,83,84)/t69-,70+,71+/m0/s1. The van der Waals surface area contributed by atoms with Crippen molar-refractivity contribution in [3.8, 4) is 0 Å². The summed E-state index contributed by atoms with van der Waals surface area (Å²) in [4.78, 5) is 72.8. The minimum atomic E-state index is -4.96. The van der Waals surface area contributed by atoms with E-state index in [1.54, 1.807) is 0 Å². The van der Waals surface area contributed by atoms with Gasteiger partial charge in [0.15, 0.2) is 12.2 Å². The first kappa shape index (κ1) is 92.1. The molecule has 0 aromatic heterocycles. The fourth-order valence-corrected chi connectivity index (χ4v) is 13.0. The maximum Gasteiger partial charge on any atom is 0.472 e. The number of aliphatic hydroxyl groups excluding tert-OH is 1. The Bertz CT molecular complexity index is 1840. The number of hydrogen-bond acceptors (Lipinski definition) is 15. The molecule has 5 atom stereocenters. The average molecular weight is 1380 g/mol. The van der Waals surface area contributed by atoms with Crippen molar-refractivity contribution in [2.75, 3.05) is 39.6 Å². The van der Waals surface area contributed by atoms with Gasteiger partial charge in [0.25, 0.3) is 0 Å². The van der Waals surface area contributed by atoms with Crippen LogP contribution in [0.15, 0.2) is 0 Å². The van der Waals surface area contributed by atoms with Gasteiger partial charge >= 0.3 is 39.5 Å². The van der Waals surface area contributed by atoms with Crippen LogP contribution >= 0.6 is 15.6 Å². The molecule has 558 valence electrons. The van der Waals surface area contributed by atoms with E-state index in [1.807, 2.05) is 0 Å². The zero-order valence-corrected chi connectivity index (χ0v) is 63.2. The molecule has 0 amide bonds. The van der Waals surface area contributed by atoms with Crippen LogP contribution in [0.25, 0.3) is 0 Å². The predicted molar refractivity (Wildman–Crippen MR) is 381 cm³/mol. The minimum Gasteiger partial charge on any atom is -0.462 e. The molecule has 0 fully saturated rings. The summed E-state index contributed by atoms with van der Waals surface area (Å²) in [5.41, 5.74) is 0. The van der Waals surface area contributed by atoms with E-state index in [-0.39, 0.29) is 25.7 Å². The molecule has 0 rings (SSSR count). The van der Waals surface area contributed by atoms with Crippen LogP contribution in [0.4, 0.5) is 0 Å². The Hall–Kier alpha value is -1.94. The summed E-state index contributed by atoms with van der Waals surface area (Å²) >= 11 is 0. The highest BCUT2D eigenvalue weighted by Crippen LogP contribution is 2.45. The number of esters is 4. The lowest BCUT2D eigenvalue weighted by atomic mass is 10.0. The van der Waals surface area contributed by atoms with Crippen LogP contribution in [0.5, 0.6) is 0 Å². The molecular weight excluding hydrogens is 1230 g/mol. The molecule has 0 radical (unpaired) electrons. The first-order valence-electron chi connectivity index (χ1n) is 38.8. The summed E-state index contributed by atoms with van der Waals surface area (Å²) in [5.74, 6) is 0.205. The average Bonchev–Trinajstić information content (AvgIpc) is 1.38. The SMILES string of the molecule is CCCCCCCCCCCCC(=O)OC[C@H](COP(=O)(O)OC[C@H](O)COP(=O)(O)OC[C@@H](COC(=O)CCCCCCCCCCCCCC(C)C)OC(=O)CCCCCCCCCCCCCCCC(C)C)OC(=O)CCCCCCCCCCCCCC(C)C. The van der Waals surface area contributed by atoms with Gasteiger partial charge in [0.05, 0.1) is 26.4 Å². The normalized spacial score (nSPS) is 14.1. The lowest BCUT2D eigenvalue weighted by Gasteiger charge is -2.21. The molecule has 17 nitrogen and oxygen atoms in total. The number of ether oxygens (including phenoxy) is 4. The fraction of sp³-hybridized carbons (Fsp3) is 0.947. The number of rotatable bonds is 73. The topological polar surface area (TPSA) is 237 Å². The van der Waals surface area contributed by atoms with E-state index < -0.39 is 97.5 Å². The number of phosphoric acid groups is 2. The Labute approximate surface area is 575 Å². The molecule has 0 saturated carbocycles. The molecule has 19 heteroatoms. The van der Waals surface area contributed by atoms with Gasteiger partial charge < -0.3 is 33.8 Å². The summed E-state index contributed by atoms with van der Waals surface area (Å²) in [5, 5.41) is 10.6. The molecule has 0 saturated heterocycles. The van der Waals surface area contributed by atoms with Gasteiger partial charge in [0, 0.05) is 25.7 Å². The van der Waals surface area contributed by atoms with Crippen molar-refractivity contribution in [2.24, 2.45) is 17.8 Å². The van der Waals surface area contributed by atoms with Crippen molar-refractivity contribution in [1.29, 1.82) is 0 Å². The lowest BCUT2D eigenvalue weighted by molar-refractivity contribution is -0.161. The smallest absolute Gasteiger partial charge is 0.462 e. The van der Waals surface area contributed by atoms with Crippen LogP contribution in [0.1, 0.15) is 382 Å². The number of carbonyl (C=O) groups is 4. The van der Waals surface area contributed by atoms with Crippen molar-refractivity contribution >= 4 is 39.5 Å². The van der Waals surface area contributed by atoms with E-state index in [9.17, 15) is 43.2 Å². The third-order valence-electron chi connectivity index (χ3n) is 17.4. The Morgan fingerprint density at radius 2 is 0.489 bits per heavy atom. The Balaban J connectivity index is 5.26. The molecule has 0 aromatic carbocycles. The highest BCUT2D eigenvalue weighted by atomic mass is 31.2. The van der Waals surface area contributed by atoms with E-state index in [0.29, 0.717) is 25.7 Å². The second kappa shape index (κ2) is 65.7. The monoisotopic (exact) mass is 1380 g/mol. The van der Waals surface area contributed by atoms with Crippen LogP contribution in [-0.4, -0.2) is 96.7 Å². The zero-order chi connectivity index (χ0) is 69.4. The predicted octanol–water partition coefficient (Wildman–Crippen LogP) is 21.8. The van der Waals surface area contributed by atoms with Gasteiger partial charge in [-0.25, -0.2) is 9.13 Å². The van der Waals surface area contributed by atoms with E-state index in [0.717, 1.165) is 108 Å². The fourth-order valence-electron chi connectivity index (χ4n) is 11.4. The molecule has 0 spiro atoms. The van der Waals surface area contributed by atoms with Crippen molar-refractivity contribution in [3.63, 3.8) is 0 Å². The van der Waals surface area contributed by atoms with Gasteiger partial charge in [-0.1, -0.05) is 331 Å². The number of carbonyl (C=O) groups excluding carboxylic acids is 4. The highest BCUT2D eigenvalue weighted by molar-refractivity contribution is 7.47. The van der Waals surface area contributed by atoms with Gasteiger partial charge in [-0.15, -0.1) is 0 Å². The summed E-state index contributed by atoms with van der Waals surface area (Å²) < 4.78 is 68.5. The molecule has 3 N–H and O–H groups in total. The second-order valence-electron chi connectivity index (χ2n) is 28.5. The maximum absolute atomic E-state index is 13.1.